The Balaban J connectivity index is 1.90. The fraction of sp³-hybridized carbons (Fsp3) is 0.727. The van der Waals surface area contributed by atoms with Gasteiger partial charge in [0.25, 0.3) is 0 Å². The molecule has 0 amide bonds. The Labute approximate surface area is 161 Å². The Kier molecular flexibility index (Phi) is 6.09. The lowest BCUT2D eigenvalue weighted by Gasteiger charge is -2.46. The van der Waals surface area contributed by atoms with Crippen LogP contribution in [-0.2, 0) is 19.1 Å². The molecule has 1 heterocycles. The topological polar surface area (TPSA) is 72.8 Å². The number of esters is 2. The van der Waals surface area contributed by atoms with E-state index in [0.717, 1.165) is 18.4 Å². The highest BCUT2D eigenvalue weighted by atomic mass is 16.6. The van der Waals surface area contributed by atoms with Crippen molar-refractivity contribution in [3.8, 4) is 0 Å². The van der Waals surface area contributed by atoms with E-state index in [4.69, 9.17) is 9.47 Å². The van der Waals surface area contributed by atoms with Crippen LogP contribution in [-0.4, -0.2) is 35.4 Å². The van der Waals surface area contributed by atoms with Crippen LogP contribution in [0.1, 0.15) is 53.4 Å². The summed E-state index contributed by atoms with van der Waals surface area (Å²) in [5.74, 6) is -0.128. The van der Waals surface area contributed by atoms with E-state index in [2.05, 4.69) is 32.1 Å². The molecule has 5 heteroatoms. The Morgan fingerprint density at radius 2 is 2.11 bits per heavy atom. The number of carbonyl (C=O) groups is 2. The van der Waals surface area contributed by atoms with Crippen molar-refractivity contribution in [2.24, 2.45) is 29.6 Å². The second-order valence-corrected chi connectivity index (χ2v) is 8.61. The number of rotatable bonds is 4. The first kappa shape index (κ1) is 20.1. The second-order valence-electron chi connectivity index (χ2n) is 8.61. The molecule has 0 aromatic carbocycles. The zero-order valence-electron chi connectivity index (χ0n) is 16.8. The van der Waals surface area contributed by atoms with Gasteiger partial charge in [-0.05, 0) is 30.3 Å². The Bertz CT molecular complexity index is 637. The van der Waals surface area contributed by atoms with E-state index < -0.39 is 6.10 Å². The number of hydrogen-bond donors (Lipinski definition) is 1. The Morgan fingerprint density at radius 1 is 1.37 bits per heavy atom. The van der Waals surface area contributed by atoms with Crippen LogP contribution in [0.4, 0.5) is 0 Å². The Morgan fingerprint density at radius 3 is 2.78 bits per heavy atom. The molecule has 150 valence electrons. The maximum atomic E-state index is 12.5. The average molecular weight is 376 g/mol. The zero-order chi connectivity index (χ0) is 19.7. The van der Waals surface area contributed by atoms with Crippen molar-refractivity contribution in [3.63, 3.8) is 0 Å². The molecule has 3 aliphatic rings. The van der Waals surface area contributed by atoms with Crippen LogP contribution >= 0.6 is 0 Å². The lowest BCUT2D eigenvalue weighted by Crippen LogP contribution is -2.49. The number of ether oxygens (including phenoxy) is 2. The first-order chi connectivity index (χ1) is 12.8. The molecule has 1 saturated heterocycles. The quantitative estimate of drug-likeness (QED) is 0.761. The number of fused-ring (bicyclic) bond motifs is 1. The van der Waals surface area contributed by atoms with E-state index in [-0.39, 0.29) is 54.2 Å². The van der Waals surface area contributed by atoms with Gasteiger partial charge in [0.1, 0.15) is 12.2 Å². The summed E-state index contributed by atoms with van der Waals surface area (Å²) in [5.41, 5.74) is 1.16. The van der Waals surface area contributed by atoms with Crippen LogP contribution in [0, 0.1) is 29.6 Å². The zero-order valence-corrected chi connectivity index (χ0v) is 16.8. The minimum atomic E-state index is -0.662. The molecule has 0 saturated carbocycles. The van der Waals surface area contributed by atoms with Crippen molar-refractivity contribution in [3.05, 3.63) is 23.8 Å². The third-order valence-corrected chi connectivity index (χ3v) is 6.38. The smallest absolute Gasteiger partial charge is 0.308 e. The van der Waals surface area contributed by atoms with E-state index in [9.17, 15) is 14.7 Å². The predicted molar refractivity (Wildman–Crippen MR) is 102 cm³/mol. The van der Waals surface area contributed by atoms with Gasteiger partial charge < -0.3 is 14.6 Å². The van der Waals surface area contributed by atoms with E-state index in [1.807, 2.05) is 13.8 Å². The molecule has 1 fully saturated rings. The van der Waals surface area contributed by atoms with Crippen LogP contribution in [0.25, 0.3) is 0 Å². The first-order valence-corrected chi connectivity index (χ1v) is 10.3. The van der Waals surface area contributed by atoms with Gasteiger partial charge in [0.15, 0.2) is 0 Å². The number of hydrogen-bond acceptors (Lipinski definition) is 5. The third kappa shape index (κ3) is 4.29. The normalized spacial score (nSPS) is 39.8. The molecule has 1 N–H and O–H groups in total. The van der Waals surface area contributed by atoms with Gasteiger partial charge in [0, 0.05) is 18.3 Å². The molecule has 5 nitrogen and oxygen atoms in total. The summed E-state index contributed by atoms with van der Waals surface area (Å²) in [5, 5.41) is 10.1. The molecule has 0 spiro atoms. The molecule has 1 aliphatic heterocycles. The van der Waals surface area contributed by atoms with Gasteiger partial charge >= 0.3 is 11.9 Å². The summed E-state index contributed by atoms with van der Waals surface area (Å²) < 4.78 is 11.7. The molecular formula is C22H32O5. The average Bonchev–Trinajstić information content (AvgIpc) is 2.60. The molecule has 27 heavy (non-hydrogen) atoms. The summed E-state index contributed by atoms with van der Waals surface area (Å²) in [6.45, 7) is 8.13. The standard InChI is InChI=1S/C22H32O5/c1-5-13(3)22(25)27-17-9-12(2)8-15-7-6-14(4)20(21(15)17)18-10-16(23)11-19(24)26-18/h6-8,12-14,16-18,20-21,23H,5,9-11H2,1-4H3. The molecule has 3 rings (SSSR count). The fourth-order valence-corrected chi connectivity index (χ4v) is 4.76. The van der Waals surface area contributed by atoms with Crippen LogP contribution < -0.4 is 0 Å². The molecule has 0 bridgehead atoms. The van der Waals surface area contributed by atoms with Crippen molar-refractivity contribution < 1.29 is 24.2 Å². The lowest BCUT2D eigenvalue weighted by atomic mass is 9.64. The highest BCUT2D eigenvalue weighted by Crippen LogP contribution is 2.46. The number of carbonyl (C=O) groups excluding carboxylic acids is 2. The van der Waals surface area contributed by atoms with Gasteiger partial charge in [-0.3, -0.25) is 9.59 Å². The molecule has 0 aromatic rings. The van der Waals surface area contributed by atoms with Crippen molar-refractivity contribution in [1.29, 1.82) is 0 Å². The summed E-state index contributed by atoms with van der Waals surface area (Å²) in [4.78, 5) is 24.4. The Hall–Kier alpha value is -1.62. The van der Waals surface area contributed by atoms with Gasteiger partial charge in [-0.1, -0.05) is 45.9 Å². The summed E-state index contributed by atoms with van der Waals surface area (Å²) in [6, 6.07) is 0. The number of aliphatic hydroxyl groups is 1. The van der Waals surface area contributed by atoms with Gasteiger partial charge in [-0.2, -0.15) is 0 Å². The molecule has 0 radical (unpaired) electrons. The first-order valence-electron chi connectivity index (χ1n) is 10.3. The maximum Gasteiger partial charge on any atom is 0.308 e. The van der Waals surface area contributed by atoms with E-state index in [1.54, 1.807) is 0 Å². The van der Waals surface area contributed by atoms with Gasteiger partial charge in [0.2, 0.25) is 0 Å². The largest absolute Gasteiger partial charge is 0.462 e. The SMILES string of the molecule is CCC(C)C(=O)OC1CC(C)C=C2C=CC(C)C(C3CC(O)CC(=O)O3)C21. The monoisotopic (exact) mass is 376 g/mol. The molecule has 8 atom stereocenters. The molecule has 0 aromatic heterocycles. The molecular weight excluding hydrogens is 344 g/mol. The minimum Gasteiger partial charge on any atom is -0.462 e. The summed E-state index contributed by atoms with van der Waals surface area (Å²) >= 11 is 0. The van der Waals surface area contributed by atoms with Gasteiger partial charge in [-0.15, -0.1) is 0 Å². The van der Waals surface area contributed by atoms with Crippen molar-refractivity contribution >= 4 is 11.9 Å². The molecule has 8 unspecified atom stereocenters. The summed E-state index contributed by atoms with van der Waals surface area (Å²) in [6.07, 6.45) is 7.31. The third-order valence-electron chi connectivity index (χ3n) is 6.38. The van der Waals surface area contributed by atoms with E-state index >= 15 is 0 Å². The van der Waals surface area contributed by atoms with E-state index in [0.29, 0.717) is 12.3 Å². The van der Waals surface area contributed by atoms with Crippen molar-refractivity contribution in [2.45, 2.75) is 71.7 Å². The fourth-order valence-electron chi connectivity index (χ4n) is 4.76. The molecule has 2 aliphatic carbocycles. The summed E-state index contributed by atoms with van der Waals surface area (Å²) in [7, 11) is 0. The van der Waals surface area contributed by atoms with Crippen LogP contribution in [0.2, 0.25) is 0 Å². The maximum absolute atomic E-state index is 12.5. The van der Waals surface area contributed by atoms with Crippen LogP contribution in [0.15, 0.2) is 23.8 Å². The number of aliphatic hydroxyl groups excluding tert-OH is 1. The van der Waals surface area contributed by atoms with E-state index in [1.165, 1.54) is 0 Å². The lowest BCUT2D eigenvalue weighted by molar-refractivity contribution is -0.173. The van der Waals surface area contributed by atoms with Gasteiger partial charge in [-0.25, -0.2) is 0 Å². The minimum absolute atomic E-state index is 0.00221. The van der Waals surface area contributed by atoms with Gasteiger partial charge in [0.05, 0.1) is 18.4 Å². The highest BCUT2D eigenvalue weighted by molar-refractivity contribution is 5.72. The number of cyclic esters (lactones) is 1. The number of allylic oxidation sites excluding steroid dienone is 3. The van der Waals surface area contributed by atoms with Crippen molar-refractivity contribution in [2.75, 3.05) is 0 Å². The second kappa shape index (κ2) is 8.17. The highest BCUT2D eigenvalue weighted by Gasteiger charge is 2.47. The van der Waals surface area contributed by atoms with Crippen molar-refractivity contribution in [1.82, 2.24) is 0 Å². The van der Waals surface area contributed by atoms with Crippen LogP contribution in [0.3, 0.4) is 0 Å². The van der Waals surface area contributed by atoms with Crippen LogP contribution in [0.5, 0.6) is 0 Å². The predicted octanol–water partition coefficient (Wildman–Crippen LogP) is 3.42.